The van der Waals surface area contributed by atoms with Crippen LogP contribution in [0.4, 0.5) is 10.5 Å². The van der Waals surface area contributed by atoms with Crippen LogP contribution in [0.15, 0.2) is 18.2 Å². The molecule has 1 unspecified atom stereocenters. The second kappa shape index (κ2) is 6.12. The highest BCUT2D eigenvalue weighted by molar-refractivity contribution is 6.42. The number of anilines is 1. The average Bonchev–Trinajstić information content (AvgIpc) is 2.31. The van der Waals surface area contributed by atoms with Gasteiger partial charge >= 0.3 is 6.03 Å². The largest absolute Gasteiger partial charge is 0.325 e. The third kappa shape index (κ3) is 3.79. The highest BCUT2D eigenvalue weighted by atomic mass is 35.5. The van der Waals surface area contributed by atoms with Gasteiger partial charge in [0.05, 0.1) is 10.0 Å². The number of carbonyl (C=O) groups is 1. The fourth-order valence-corrected chi connectivity index (χ4v) is 1.56. The Morgan fingerprint density at radius 1 is 1.41 bits per heavy atom. The van der Waals surface area contributed by atoms with Crippen molar-refractivity contribution in [3.05, 3.63) is 28.2 Å². The van der Waals surface area contributed by atoms with Crippen molar-refractivity contribution in [2.45, 2.75) is 26.3 Å². The van der Waals surface area contributed by atoms with E-state index in [0.29, 0.717) is 15.7 Å². The zero-order valence-corrected chi connectivity index (χ0v) is 11.6. The van der Waals surface area contributed by atoms with Crippen molar-refractivity contribution < 1.29 is 4.79 Å². The predicted octanol–water partition coefficient (Wildman–Crippen LogP) is 4.26. The summed E-state index contributed by atoms with van der Waals surface area (Å²) in [6, 6.07) is 5.04. The van der Waals surface area contributed by atoms with E-state index in [0.717, 1.165) is 6.42 Å². The van der Waals surface area contributed by atoms with E-state index in [1.807, 2.05) is 13.8 Å². The third-order valence-electron chi connectivity index (χ3n) is 2.74. The topological polar surface area (TPSA) is 32.3 Å². The van der Waals surface area contributed by atoms with Crippen molar-refractivity contribution in [1.29, 1.82) is 0 Å². The van der Waals surface area contributed by atoms with Crippen LogP contribution >= 0.6 is 23.2 Å². The van der Waals surface area contributed by atoms with Gasteiger partial charge < -0.3 is 10.2 Å². The first kappa shape index (κ1) is 14.1. The number of hydrogen-bond donors (Lipinski definition) is 1. The molecule has 1 rings (SSSR count). The molecule has 0 aliphatic carbocycles. The molecule has 2 amide bonds. The standard InChI is InChI=1S/C12H16Cl2N2O/c1-4-8(2)16(3)12(17)15-9-5-6-10(13)11(14)7-9/h5-8H,4H2,1-3H3,(H,15,17). The van der Waals surface area contributed by atoms with Gasteiger partial charge in [0.2, 0.25) is 0 Å². The molecule has 0 radical (unpaired) electrons. The van der Waals surface area contributed by atoms with Crippen LogP contribution in [0.25, 0.3) is 0 Å². The lowest BCUT2D eigenvalue weighted by molar-refractivity contribution is 0.206. The maximum Gasteiger partial charge on any atom is 0.321 e. The molecule has 0 aliphatic rings. The summed E-state index contributed by atoms with van der Waals surface area (Å²) in [6.45, 7) is 4.03. The Hall–Kier alpha value is -0.930. The van der Waals surface area contributed by atoms with E-state index >= 15 is 0 Å². The molecule has 94 valence electrons. The first-order chi connectivity index (χ1) is 7.95. The first-order valence-electron chi connectivity index (χ1n) is 5.44. The molecule has 3 nitrogen and oxygen atoms in total. The molecule has 1 N–H and O–H groups in total. The van der Waals surface area contributed by atoms with Crippen molar-refractivity contribution in [1.82, 2.24) is 4.90 Å². The quantitative estimate of drug-likeness (QED) is 0.878. The van der Waals surface area contributed by atoms with Crippen molar-refractivity contribution in [3.63, 3.8) is 0 Å². The maximum atomic E-state index is 11.8. The minimum absolute atomic E-state index is 0.155. The van der Waals surface area contributed by atoms with E-state index < -0.39 is 0 Å². The molecule has 1 aromatic rings. The normalized spacial score (nSPS) is 12.1. The van der Waals surface area contributed by atoms with E-state index in [1.165, 1.54) is 0 Å². The van der Waals surface area contributed by atoms with Crippen molar-refractivity contribution in [3.8, 4) is 0 Å². The van der Waals surface area contributed by atoms with Crippen LogP contribution in [0.2, 0.25) is 10.0 Å². The van der Waals surface area contributed by atoms with Gasteiger partial charge in [-0.2, -0.15) is 0 Å². The Bertz CT molecular complexity index is 409. The molecular formula is C12H16Cl2N2O. The van der Waals surface area contributed by atoms with Gasteiger partial charge in [0.1, 0.15) is 0 Å². The Labute approximate surface area is 112 Å². The first-order valence-corrected chi connectivity index (χ1v) is 6.20. The van der Waals surface area contributed by atoms with Crippen molar-refractivity contribution >= 4 is 34.9 Å². The van der Waals surface area contributed by atoms with E-state index in [9.17, 15) is 4.79 Å². The lowest BCUT2D eigenvalue weighted by Gasteiger charge is -2.24. The zero-order chi connectivity index (χ0) is 13.0. The van der Waals surface area contributed by atoms with Crippen LogP contribution in [0.1, 0.15) is 20.3 Å². The number of hydrogen-bond acceptors (Lipinski definition) is 1. The molecule has 5 heteroatoms. The van der Waals surface area contributed by atoms with Crippen LogP contribution < -0.4 is 5.32 Å². The second-order valence-corrected chi connectivity index (χ2v) is 4.74. The number of amides is 2. The lowest BCUT2D eigenvalue weighted by Crippen LogP contribution is -2.37. The van der Waals surface area contributed by atoms with E-state index in [4.69, 9.17) is 23.2 Å². The summed E-state index contributed by atoms with van der Waals surface area (Å²) in [6.07, 6.45) is 0.908. The van der Waals surface area contributed by atoms with E-state index in [2.05, 4.69) is 5.32 Å². The van der Waals surface area contributed by atoms with Crippen molar-refractivity contribution in [2.75, 3.05) is 12.4 Å². The predicted molar refractivity (Wildman–Crippen MR) is 73.0 cm³/mol. The van der Waals surface area contributed by atoms with Gasteiger partial charge in [0, 0.05) is 18.8 Å². The molecule has 0 fully saturated rings. The number of nitrogens with one attached hydrogen (secondary N) is 1. The van der Waals surface area contributed by atoms with Crippen LogP contribution in [0.5, 0.6) is 0 Å². The molecule has 17 heavy (non-hydrogen) atoms. The van der Waals surface area contributed by atoms with Crippen LogP contribution in [-0.2, 0) is 0 Å². The van der Waals surface area contributed by atoms with Crippen LogP contribution in [-0.4, -0.2) is 24.0 Å². The second-order valence-electron chi connectivity index (χ2n) is 3.93. The van der Waals surface area contributed by atoms with Gasteiger partial charge in [-0.05, 0) is 31.5 Å². The Balaban J connectivity index is 2.71. The fraction of sp³-hybridized carbons (Fsp3) is 0.417. The zero-order valence-electron chi connectivity index (χ0n) is 10.1. The van der Waals surface area contributed by atoms with Gasteiger partial charge in [-0.3, -0.25) is 0 Å². The van der Waals surface area contributed by atoms with Gasteiger partial charge in [0.15, 0.2) is 0 Å². The average molecular weight is 275 g/mol. The number of rotatable bonds is 3. The van der Waals surface area contributed by atoms with Crippen LogP contribution in [0, 0.1) is 0 Å². The molecule has 0 saturated carbocycles. The maximum absolute atomic E-state index is 11.8. The molecule has 0 bridgehead atoms. The van der Waals surface area contributed by atoms with Crippen LogP contribution in [0.3, 0.4) is 0 Å². The summed E-state index contributed by atoms with van der Waals surface area (Å²) in [5, 5.41) is 3.67. The summed E-state index contributed by atoms with van der Waals surface area (Å²) in [5.41, 5.74) is 0.638. The number of urea groups is 1. The van der Waals surface area contributed by atoms with Gasteiger partial charge in [-0.15, -0.1) is 0 Å². The molecule has 0 aromatic heterocycles. The molecule has 1 atom stereocenters. The minimum atomic E-state index is -0.155. The molecular weight excluding hydrogens is 259 g/mol. The number of carbonyl (C=O) groups excluding carboxylic acids is 1. The Kier molecular flexibility index (Phi) is 5.09. The molecule has 0 aliphatic heterocycles. The fourth-order valence-electron chi connectivity index (χ4n) is 1.26. The van der Waals surface area contributed by atoms with E-state index in [-0.39, 0.29) is 12.1 Å². The summed E-state index contributed by atoms with van der Waals surface area (Å²) in [4.78, 5) is 13.5. The van der Waals surface area contributed by atoms with Crippen molar-refractivity contribution in [2.24, 2.45) is 0 Å². The summed E-state index contributed by atoms with van der Waals surface area (Å²) in [5.74, 6) is 0. The summed E-state index contributed by atoms with van der Waals surface area (Å²) < 4.78 is 0. The highest BCUT2D eigenvalue weighted by Crippen LogP contribution is 2.25. The number of nitrogens with zero attached hydrogens (tertiary/aromatic N) is 1. The highest BCUT2D eigenvalue weighted by Gasteiger charge is 2.14. The monoisotopic (exact) mass is 274 g/mol. The number of halogens is 2. The van der Waals surface area contributed by atoms with Gasteiger partial charge in [0.25, 0.3) is 0 Å². The Morgan fingerprint density at radius 2 is 2.06 bits per heavy atom. The van der Waals surface area contributed by atoms with E-state index in [1.54, 1.807) is 30.1 Å². The molecule has 0 saturated heterocycles. The minimum Gasteiger partial charge on any atom is -0.325 e. The molecule has 0 spiro atoms. The lowest BCUT2D eigenvalue weighted by atomic mass is 10.2. The Morgan fingerprint density at radius 3 is 2.59 bits per heavy atom. The SMILES string of the molecule is CCC(C)N(C)C(=O)Nc1ccc(Cl)c(Cl)c1. The molecule has 1 aromatic carbocycles. The third-order valence-corrected chi connectivity index (χ3v) is 3.48. The molecule has 0 heterocycles. The smallest absolute Gasteiger partial charge is 0.321 e. The summed E-state index contributed by atoms with van der Waals surface area (Å²) >= 11 is 11.7. The van der Waals surface area contributed by atoms with Gasteiger partial charge in [-0.1, -0.05) is 30.1 Å². The number of benzene rings is 1. The van der Waals surface area contributed by atoms with Gasteiger partial charge in [-0.25, -0.2) is 4.79 Å². The summed E-state index contributed by atoms with van der Waals surface area (Å²) in [7, 11) is 1.76.